The molecule has 1 aromatic rings. The highest BCUT2D eigenvalue weighted by Crippen LogP contribution is 2.45. The standard InChI is InChI=1S/C21H34F2N5O9P/c1-10(2)35-18(30)12(5)26-38(33,27-13(6)19(31)36-11(3)4)34-9-14-21(22,23)16(29)17(37-14)28-8-7-15(24)25-20(28)32/h7-8,10-14,16-17,29H,9H2,1-6H3,(H2,24,25,32)(H2,26,27,33)/t12-,13-,14+,16-,17+/m0/s1. The van der Waals surface area contributed by atoms with Gasteiger partial charge in [-0.15, -0.1) is 0 Å². The Bertz CT molecular complexity index is 1070. The Kier molecular flexibility index (Phi) is 10.5. The van der Waals surface area contributed by atoms with E-state index < -0.39 is 80.6 Å². The lowest BCUT2D eigenvalue weighted by Gasteiger charge is -2.28. The van der Waals surface area contributed by atoms with Crippen molar-refractivity contribution in [2.24, 2.45) is 0 Å². The molecule has 1 aromatic heterocycles. The van der Waals surface area contributed by atoms with Crippen LogP contribution in [0.5, 0.6) is 0 Å². The Hall–Kier alpha value is -2.49. The maximum atomic E-state index is 14.9. The number of esters is 2. The molecule has 0 saturated carbocycles. The fraction of sp³-hybridized carbons (Fsp3) is 0.714. The number of aliphatic hydroxyl groups is 1. The lowest BCUT2D eigenvalue weighted by Crippen LogP contribution is -2.45. The second kappa shape index (κ2) is 12.6. The molecule has 5 atom stereocenters. The summed E-state index contributed by atoms with van der Waals surface area (Å²) in [5.74, 6) is -5.79. The van der Waals surface area contributed by atoms with Gasteiger partial charge in [-0.05, 0) is 47.6 Å². The topological polar surface area (TPSA) is 193 Å². The number of aromatic nitrogens is 2. The van der Waals surface area contributed by atoms with E-state index in [0.29, 0.717) is 4.57 Å². The number of ether oxygens (including phenoxy) is 3. The third kappa shape index (κ3) is 8.01. The summed E-state index contributed by atoms with van der Waals surface area (Å²) in [6.45, 7) is 7.85. The number of nitrogen functional groups attached to an aromatic ring is 1. The number of nitrogens with zero attached hydrogens (tertiary/aromatic N) is 2. The van der Waals surface area contributed by atoms with Gasteiger partial charge in [0, 0.05) is 6.20 Å². The summed E-state index contributed by atoms with van der Waals surface area (Å²) in [5.41, 5.74) is 4.36. The average Bonchev–Trinajstić information content (AvgIpc) is 3.00. The second-order valence-corrected chi connectivity index (χ2v) is 11.1. The molecule has 1 aliphatic heterocycles. The molecule has 216 valence electrons. The van der Waals surface area contributed by atoms with Gasteiger partial charge in [-0.2, -0.15) is 4.98 Å². The number of nitrogens with one attached hydrogen (secondary N) is 2. The van der Waals surface area contributed by atoms with E-state index in [1.165, 1.54) is 13.8 Å². The Morgan fingerprint density at radius 1 is 1.16 bits per heavy atom. The van der Waals surface area contributed by atoms with Crippen molar-refractivity contribution >= 4 is 25.4 Å². The van der Waals surface area contributed by atoms with Gasteiger partial charge in [0.1, 0.15) is 17.9 Å². The summed E-state index contributed by atoms with van der Waals surface area (Å²) in [4.78, 5) is 40.0. The number of carbonyl (C=O) groups is 2. The molecule has 1 fully saturated rings. The van der Waals surface area contributed by atoms with Crippen molar-refractivity contribution in [1.82, 2.24) is 19.7 Å². The molecule has 5 N–H and O–H groups in total. The van der Waals surface area contributed by atoms with Gasteiger partial charge in [-0.1, -0.05) is 0 Å². The van der Waals surface area contributed by atoms with Crippen LogP contribution in [0.1, 0.15) is 47.8 Å². The van der Waals surface area contributed by atoms with Crippen molar-refractivity contribution in [3.63, 3.8) is 0 Å². The van der Waals surface area contributed by atoms with Crippen molar-refractivity contribution in [2.75, 3.05) is 12.3 Å². The summed E-state index contributed by atoms with van der Waals surface area (Å²) >= 11 is 0. The van der Waals surface area contributed by atoms with E-state index in [1.54, 1.807) is 27.7 Å². The average molecular weight is 569 g/mol. The largest absolute Gasteiger partial charge is 0.462 e. The smallest absolute Gasteiger partial charge is 0.351 e. The van der Waals surface area contributed by atoms with Crippen LogP contribution in [0.4, 0.5) is 14.6 Å². The number of halogens is 2. The zero-order valence-corrected chi connectivity index (χ0v) is 22.7. The molecular formula is C21H34F2N5O9P. The molecule has 38 heavy (non-hydrogen) atoms. The molecule has 14 nitrogen and oxygen atoms in total. The molecule has 0 amide bonds. The first-order valence-corrected chi connectivity index (χ1v) is 13.4. The minimum Gasteiger partial charge on any atom is -0.462 e. The zero-order chi connectivity index (χ0) is 29.0. The molecule has 0 spiro atoms. The minimum atomic E-state index is -4.46. The van der Waals surface area contributed by atoms with Gasteiger partial charge < -0.3 is 29.6 Å². The van der Waals surface area contributed by atoms with Crippen molar-refractivity contribution in [3.8, 4) is 0 Å². The first kappa shape index (κ1) is 31.7. The van der Waals surface area contributed by atoms with Crippen LogP contribution in [-0.2, 0) is 32.9 Å². The number of aliphatic hydroxyl groups excluding tert-OH is 1. The summed E-state index contributed by atoms with van der Waals surface area (Å²) in [6.07, 6.45) is -6.54. The molecule has 0 aliphatic carbocycles. The van der Waals surface area contributed by atoms with Crippen LogP contribution in [0.25, 0.3) is 0 Å². The molecular weight excluding hydrogens is 535 g/mol. The van der Waals surface area contributed by atoms with Crippen LogP contribution in [0, 0.1) is 0 Å². The van der Waals surface area contributed by atoms with E-state index in [9.17, 15) is 32.8 Å². The molecule has 0 unspecified atom stereocenters. The van der Waals surface area contributed by atoms with E-state index in [1.807, 2.05) is 0 Å². The van der Waals surface area contributed by atoms with Gasteiger partial charge in [0.15, 0.2) is 18.4 Å². The van der Waals surface area contributed by atoms with Gasteiger partial charge in [0.05, 0.1) is 18.8 Å². The first-order chi connectivity index (χ1) is 17.5. The number of carbonyl (C=O) groups excluding carboxylic acids is 2. The van der Waals surface area contributed by atoms with Gasteiger partial charge in [-0.25, -0.2) is 23.7 Å². The molecule has 0 aromatic carbocycles. The number of nitrogens with two attached hydrogens (primary N) is 1. The second-order valence-electron chi connectivity index (χ2n) is 9.20. The molecule has 1 aliphatic rings. The maximum absolute atomic E-state index is 14.9. The number of hydrogen-bond donors (Lipinski definition) is 4. The molecule has 1 saturated heterocycles. The van der Waals surface area contributed by atoms with Crippen LogP contribution in [-0.4, -0.2) is 75.6 Å². The van der Waals surface area contributed by atoms with E-state index in [-0.39, 0.29) is 5.82 Å². The number of anilines is 1. The third-order valence-corrected chi connectivity index (χ3v) is 7.04. The van der Waals surface area contributed by atoms with Crippen molar-refractivity contribution in [1.29, 1.82) is 0 Å². The lowest BCUT2D eigenvalue weighted by atomic mass is 10.1. The molecule has 2 rings (SSSR count). The fourth-order valence-electron chi connectivity index (χ4n) is 3.27. The maximum Gasteiger partial charge on any atom is 0.351 e. The normalized spacial score (nSPS) is 22.9. The predicted molar refractivity (Wildman–Crippen MR) is 129 cm³/mol. The zero-order valence-electron chi connectivity index (χ0n) is 21.8. The van der Waals surface area contributed by atoms with Gasteiger partial charge >= 0.3 is 31.2 Å². The number of rotatable bonds is 12. The predicted octanol–water partition coefficient (Wildman–Crippen LogP) is 0.703. The summed E-state index contributed by atoms with van der Waals surface area (Å²) in [6, 6.07) is -1.37. The first-order valence-electron chi connectivity index (χ1n) is 11.7. The highest BCUT2D eigenvalue weighted by atomic mass is 31.2. The highest BCUT2D eigenvalue weighted by Gasteiger charge is 2.60. The van der Waals surface area contributed by atoms with E-state index >= 15 is 0 Å². The molecule has 17 heteroatoms. The van der Waals surface area contributed by atoms with Gasteiger partial charge in [0.2, 0.25) is 0 Å². The van der Waals surface area contributed by atoms with Crippen LogP contribution in [0.2, 0.25) is 0 Å². The lowest BCUT2D eigenvalue weighted by molar-refractivity contribution is -0.149. The third-order valence-electron chi connectivity index (χ3n) is 5.07. The molecule has 2 heterocycles. The van der Waals surface area contributed by atoms with Gasteiger partial charge in [-0.3, -0.25) is 18.7 Å². The van der Waals surface area contributed by atoms with Crippen LogP contribution >= 0.6 is 7.67 Å². The quantitative estimate of drug-likeness (QED) is 0.203. The van der Waals surface area contributed by atoms with Crippen molar-refractivity contribution in [3.05, 3.63) is 22.7 Å². The minimum absolute atomic E-state index is 0.168. The van der Waals surface area contributed by atoms with Crippen LogP contribution in [0.3, 0.4) is 0 Å². The highest BCUT2D eigenvalue weighted by molar-refractivity contribution is 7.54. The van der Waals surface area contributed by atoms with Crippen LogP contribution < -0.4 is 21.6 Å². The summed E-state index contributed by atoms with van der Waals surface area (Å²) < 4.78 is 64.6. The van der Waals surface area contributed by atoms with Crippen LogP contribution in [0.15, 0.2) is 17.1 Å². The van der Waals surface area contributed by atoms with E-state index in [0.717, 1.165) is 12.3 Å². The van der Waals surface area contributed by atoms with Crippen molar-refractivity contribution in [2.45, 2.75) is 90.2 Å². The van der Waals surface area contributed by atoms with Gasteiger partial charge in [0.25, 0.3) is 0 Å². The summed E-state index contributed by atoms with van der Waals surface area (Å²) in [5, 5.41) is 14.9. The van der Waals surface area contributed by atoms with E-state index in [4.69, 9.17) is 24.5 Å². The number of hydrogen-bond acceptors (Lipinski definition) is 11. The Morgan fingerprint density at radius 3 is 2.11 bits per heavy atom. The monoisotopic (exact) mass is 569 g/mol. The molecule has 0 radical (unpaired) electrons. The van der Waals surface area contributed by atoms with E-state index in [2.05, 4.69) is 15.2 Å². The Morgan fingerprint density at radius 2 is 1.66 bits per heavy atom. The molecule has 0 bridgehead atoms. The SMILES string of the molecule is CC(C)OC(=O)[C@H](C)NP(=O)(N[C@@H](C)C(=O)OC(C)C)OC[C@H]1O[C@@H](n2ccc(N)nc2=O)[C@H](O)C1(F)F. The Labute approximate surface area is 217 Å². The number of alkyl halides is 2. The van der Waals surface area contributed by atoms with Crippen molar-refractivity contribution < 1.29 is 46.8 Å². The summed E-state index contributed by atoms with van der Waals surface area (Å²) in [7, 11) is -4.46. The fourth-order valence-corrected chi connectivity index (χ4v) is 5.07. The Balaban J connectivity index is 2.25.